The Hall–Kier alpha value is -1.29. The molecular formula is C14H20FNO2. The summed E-state index contributed by atoms with van der Waals surface area (Å²) in [6, 6.07) is 3.58. The largest absolute Gasteiger partial charge is 0.486 e. The van der Waals surface area contributed by atoms with Crippen molar-refractivity contribution in [3.05, 3.63) is 23.3 Å². The first-order chi connectivity index (χ1) is 8.38. The van der Waals surface area contributed by atoms with Crippen molar-refractivity contribution in [2.75, 3.05) is 13.2 Å². The number of benzene rings is 1. The molecule has 0 saturated carbocycles. The van der Waals surface area contributed by atoms with Gasteiger partial charge < -0.3 is 15.2 Å². The van der Waals surface area contributed by atoms with Gasteiger partial charge in [0, 0.05) is 6.04 Å². The quantitative estimate of drug-likeness (QED) is 0.900. The molecule has 0 bridgehead atoms. The van der Waals surface area contributed by atoms with Crippen LogP contribution in [0.25, 0.3) is 0 Å². The van der Waals surface area contributed by atoms with Crippen molar-refractivity contribution in [1.82, 2.24) is 0 Å². The van der Waals surface area contributed by atoms with Gasteiger partial charge in [-0.1, -0.05) is 0 Å². The first kappa shape index (κ1) is 13.1. The summed E-state index contributed by atoms with van der Waals surface area (Å²) in [6.07, 6.45) is 0.624. The molecule has 2 rings (SSSR count). The van der Waals surface area contributed by atoms with Crippen LogP contribution in [-0.2, 0) is 12.1 Å². The number of nitrogens with two attached hydrogens (primary N) is 1. The maximum absolute atomic E-state index is 14.3. The normalized spacial score (nSPS) is 16.5. The van der Waals surface area contributed by atoms with Crippen LogP contribution >= 0.6 is 0 Å². The van der Waals surface area contributed by atoms with Crippen molar-refractivity contribution >= 4 is 0 Å². The number of alkyl halides is 1. The molecule has 1 aromatic rings. The fraction of sp³-hybridized carbons (Fsp3) is 0.571. The fourth-order valence-corrected chi connectivity index (χ4v) is 2.20. The van der Waals surface area contributed by atoms with E-state index in [1.54, 1.807) is 19.9 Å². The van der Waals surface area contributed by atoms with Gasteiger partial charge >= 0.3 is 0 Å². The molecule has 1 unspecified atom stereocenters. The Morgan fingerprint density at radius 2 is 1.83 bits per heavy atom. The van der Waals surface area contributed by atoms with Crippen LogP contribution in [0.2, 0.25) is 0 Å². The summed E-state index contributed by atoms with van der Waals surface area (Å²) in [7, 11) is 0. The Bertz CT molecular complexity index is 438. The predicted molar refractivity (Wildman–Crippen MR) is 68.9 cm³/mol. The summed E-state index contributed by atoms with van der Waals surface area (Å²) in [4.78, 5) is 0. The maximum atomic E-state index is 14.3. The van der Waals surface area contributed by atoms with Crippen molar-refractivity contribution in [3.8, 4) is 11.5 Å². The Balaban J connectivity index is 2.47. The lowest BCUT2D eigenvalue weighted by Crippen LogP contribution is -2.23. The molecule has 3 nitrogen and oxygen atoms in total. The lowest BCUT2D eigenvalue weighted by Gasteiger charge is -2.25. The van der Waals surface area contributed by atoms with E-state index in [0.29, 0.717) is 36.7 Å². The minimum absolute atomic E-state index is 0.0198. The third kappa shape index (κ3) is 2.75. The summed E-state index contributed by atoms with van der Waals surface area (Å²) < 4.78 is 25.3. The summed E-state index contributed by atoms with van der Waals surface area (Å²) in [5.41, 5.74) is 5.92. The van der Waals surface area contributed by atoms with E-state index in [0.717, 1.165) is 5.56 Å². The summed E-state index contributed by atoms with van der Waals surface area (Å²) in [5, 5.41) is 0. The standard InChI is InChI=1S/C14H20FNO2/c1-9(16)6-10-7-12-13(18-5-4-17-12)8-11(10)14(2,3)15/h7-9H,4-6,16H2,1-3H3. The summed E-state index contributed by atoms with van der Waals surface area (Å²) in [6.45, 7) is 6.03. The molecule has 0 radical (unpaired) electrons. The van der Waals surface area contributed by atoms with Crippen molar-refractivity contribution in [2.45, 2.75) is 38.9 Å². The van der Waals surface area contributed by atoms with E-state index in [1.165, 1.54) is 0 Å². The molecule has 0 fully saturated rings. The van der Waals surface area contributed by atoms with Crippen LogP contribution in [0.15, 0.2) is 12.1 Å². The Morgan fingerprint density at radius 3 is 2.33 bits per heavy atom. The minimum Gasteiger partial charge on any atom is -0.486 e. The second-order valence-electron chi connectivity index (χ2n) is 5.31. The van der Waals surface area contributed by atoms with Crippen molar-refractivity contribution in [2.24, 2.45) is 5.73 Å². The molecule has 0 spiro atoms. The van der Waals surface area contributed by atoms with Crippen LogP contribution in [0.1, 0.15) is 31.9 Å². The number of hydrogen-bond acceptors (Lipinski definition) is 3. The van der Waals surface area contributed by atoms with Gasteiger partial charge in [-0.2, -0.15) is 0 Å². The monoisotopic (exact) mass is 253 g/mol. The zero-order valence-corrected chi connectivity index (χ0v) is 11.1. The number of halogens is 1. The van der Waals surface area contributed by atoms with E-state index in [2.05, 4.69) is 0 Å². The molecular weight excluding hydrogens is 233 g/mol. The van der Waals surface area contributed by atoms with Crippen LogP contribution < -0.4 is 15.2 Å². The number of fused-ring (bicyclic) bond motifs is 1. The van der Waals surface area contributed by atoms with Gasteiger partial charge in [-0.05, 0) is 50.5 Å². The molecule has 1 heterocycles. The molecule has 1 aliphatic heterocycles. The van der Waals surface area contributed by atoms with Crippen molar-refractivity contribution in [3.63, 3.8) is 0 Å². The smallest absolute Gasteiger partial charge is 0.161 e. The molecule has 0 aliphatic carbocycles. The molecule has 1 aliphatic rings. The lowest BCUT2D eigenvalue weighted by atomic mass is 9.91. The van der Waals surface area contributed by atoms with Crippen LogP contribution in [0.5, 0.6) is 11.5 Å². The van der Waals surface area contributed by atoms with E-state index in [1.807, 2.05) is 13.0 Å². The zero-order chi connectivity index (χ0) is 13.3. The van der Waals surface area contributed by atoms with E-state index < -0.39 is 5.67 Å². The van der Waals surface area contributed by atoms with Crippen LogP contribution in [-0.4, -0.2) is 19.3 Å². The first-order valence-electron chi connectivity index (χ1n) is 6.25. The SMILES string of the molecule is CC(N)Cc1cc2c(cc1C(C)(C)F)OCCO2. The average Bonchev–Trinajstić information content (AvgIpc) is 2.26. The Labute approximate surface area is 107 Å². The number of hydrogen-bond donors (Lipinski definition) is 1. The predicted octanol–water partition coefficient (Wildman–Crippen LogP) is 2.55. The van der Waals surface area contributed by atoms with E-state index in [-0.39, 0.29) is 6.04 Å². The molecule has 0 amide bonds. The molecule has 100 valence electrons. The maximum Gasteiger partial charge on any atom is 0.161 e. The summed E-state index contributed by atoms with van der Waals surface area (Å²) in [5.74, 6) is 1.31. The number of rotatable bonds is 3. The van der Waals surface area contributed by atoms with Gasteiger partial charge in [0.15, 0.2) is 11.5 Å². The van der Waals surface area contributed by atoms with Crippen molar-refractivity contribution < 1.29 is 13.9 Å². The average molecular weight is 253 g/mol. The lowest BCUT2D eigenvalue weighted by molar-refractivity contribution is 0.168. The highest BCUT2D eigenvalue weighted by atomic mass is 19.1. The fourth-order valence-electron chi connectivity index (χ4n) is 2.20. The van der Waals surface area contributed by atoms with Gasteiger partial charge in [-0.3, -0.25) is 0 Å². The van der Waals surface area contributed by atoms with Crippen LogP contribution in [0, 0.1) is 0 Å². The van der Waals surface area contributed by atoms with E-state index in [9.17, 15) is 4.39 Å². The minimum atomic E-state index is -1.42. The van der Waals surface area contributed by atoms with Gasteiger partial charge in [0.1, 0.15) is 18.9 Å². The highest BCUT2D eigenvalue weighted by Crippen LogP contribution is 2.38. The topological polar surface area (TPSA) is 44.5 Å². The first-order valence-corrected chi connectivity index (χ1v) is 6.25. The molecule has 0 saturated heterocycles. The molecule has 0 aromatic heterocycles. The molecule has 4 heteroatoms. The van der Waals surface area contributed by atoms with Crippen LogP contribution in [0.4, 0.5) is 4.39 Å². The molecule has 1 aromatic carbocycles. The third-order valence-electron chi connectivity index (χ3n) is 2.95. The number of ether oxygens (including phenoxy) is 2. The highest BCUT2D eigenvalue weighted by molar-refractivity contribution is 5.50. The van der Waals surface area contributed by atoms with Crippen molar-refractivity contribution in [1.29, 1.82) is 0 Å². The van der Waals surface area contributed by atoms with Crippen LogP contribution in [0.3, 0.4) is 0 Å². The Morgan fingerprint density at radius 1 is 1.28 bits per heavy atom. The van der Waals surface area contributed by atoms with Gasteiger partial charge in [0.25, 0.3) is 0 Å². The van der Waals surface area contributed by atoms with Gasteiger partial charge in [-0.15, -0.1) is 0 Å². The van der Waals surface area contributed by atoms with Gasteiger partial charge in [0.05, 0.1) is 0 Å². The molecule has 2 N–H and O–H groups in total. The van der Waals surface area contributed by atoms with Gasteiger partial charge in [-0.25, -0.2) is 4.39 Å². The molecule has 1 atom stereocenters. The third-order valence-corrected chi connectivity index (χ3v) is 2.95. The summed E-state index contributed by atoms with van der Waals surface area (Å²) >= 11 is 0. The van der Waals surface area contributed by atoms with E-state index >= 15 is 0 Å². The Kier molecular flexibility index (Phi) is 3.48. The highest BCUT2D eigenvalue weighted by Gasteiger charge is 2.26. The molecule has 18 heavy (non-hydrogen) atoms. The zero-order valence-electron chi connectivity index (χ0n) is 11.1. The van der Waals surface area contributed by atoms with Gasteiger partial charge in [0.2, 0.25) is 0 Å². The second-order valence-corrected chi connectivity index (χ2v) is 5.31. The second kappa shape index (κ2) is 4.76. The van der Waals surface area contributed by atoms with E-state index in [4.69, 9.17) is 15.2 Å².